The van der Waals surface area contributed by atoms with Gasteiger partial charge in [-0.15, -0.1) is 0 Å². The predicted octanol–water partition coefficient (Wildman–Crippen LogP) is 1.26. The van der Waals surface area contributed by atoms with Crippen molar-refractivity contribution in [3.8, 4) is 0 Å². The average Bonchev–Trinajstić information content (AvgIpc) is 1.23. The van der Waals surface area contributed by atoms with Gasteiger partial charge in [-0.3, -0.25) is 0 Å². The van der Waals surface area contributed by atoms with Gasteiger partial charge in [-0.2, -0.15) is 0 Å². The van der Waals surface area contributed by atoms with E-state index in [0.29, 0.717) is 0 Å². The van der Waals surface area contributed by atoms with Crippen LogP contribution in [-0.4, -0.2) is 18.0 Å². The van der Waals surface area contributed by atoms with Crippen molar-refractivity contribution in [1.82, 2.24) is 4.90 Å². The van der Waals surface area contributed by atoms with E-state index in [1.807, 2.05) is 7.05 Å². The Labute approximate surface area is 45.3 Å². The van der Waals surface area contributed by atoms with Crippen molar-refractivity contribution in [2.45, 2.75) is 25.3 Å². The Balaban J connectivity index is 2.14. The van der Waals surface area contributed by atoms with Crippen LogP contribution >= 0.6 is 0 Å². The molecular weight excluding hydrogens is 86.1 g/mol. The smallest absolute Gasteiger partial charge is 0.0109 e. The molecule has 0 aliphatic heterocycles. The zero-order valence-electron chi connectivity index (χ0n) is 4.85. The summed E-state index contributed by atoms with van der Waals surface area (Å²) in [6.45, 7) is 0. The first-order chi connectivity index (χ1) is 3.30. The highest BCUT2D eigenvalue weighted by Crippen LogP contribution is 2.22. The third kappa shape index (κ3) is 0.942. The zero-order chi connectivity index (χ0) is 5.28. The highest BCUT2D eigenvalue weighted by Gasteiger charge is 2.18. The summed E-state index contributed by atoms with van der Waals surface area (Å²) in [4.78, 5) is 2.06. The summed E-state index contributed by atoms with van der Waals surface area (Å²) in [5.41, 5.74) is 0. The van der Waals surface area contributed by atoms with Gasteiger partial charge in [-0.1, -0.05) is 6.42 Å². The lowest BCUT2D eigenvalue weighted by Crippen LogP contribution is -2.32. The number of hydrogen-bond donors (Lipinski definition) is 0. The Hall–Kier alpha value is -0.0400. The molecule has 0 N–H and O–H groups in total. The summed E-state index contributed by atoms with van der Waals surface area (Å²) in [6, 6.07) is 0.806. The van der Waals surface area contributed by atoms with Crippen LogP contribution < -0.4 is 0 Å². The molecule has 1 fully saturated rings. The average molecular weight is 98.2 g/mol. The highest BCUT2D eigenvalue weighted by molar-refractivity contribution is 4.76. The molecule has 1 nitrogen and oxygen atoms in total. The van der Waals surface area contributed by atoms with E-state index in [0.717, 1.165) is 6.04 Å². The van der Waals surface area contributed by atoms with Crippen LogP contribution in [0.25, 0.3) is 0 Å². The molecule has 0 bridgehead atoms. The van der Waals surface area contributed by atoms with E-state index in [-0.39, 0.29) is 0 Å². The lowest BCUT2D eigenvalue weighted by Gasteiger charge is -2.31. The molecule has 1 heteroatoms. The van der Waals surface area contributed by atoms with Crippen LogP contribution in [0.15, 0.2) is 0 Å². The van der Waals surface area contributed by atoms with E-state index in [4.69, 9.17) is 0 Å². The van der Waals surface area contributed by atoms with Crippen LogP contribution in [0.1, 0.15) is 19.3 Å². The Morgan fingerprint density at radius 2 is 2.14 bits per heavy atom. The van der Waals surface area contributed by atoms with E-state index in [2.05, 4.69) is 11.9 Å². The van der Waals surface area contributed by atoms with Crippen molar-refractivity contribution in [1.29, 1.82) is 0 Å². The summed E-state index contributed by atoms with van der Waals surface area (Å²) in [5, 5.41) is 0. The second-order valence-electron chi connectivity index (χ2n) is 2.34. The molecule has 0 spiro atoms. The molecule has 1 aliphatic rings. The summed E-state index contributed by atoms with van der Waals surface area (Å²) in [5.74, 6) is 0. The molecular formula is C6H12N. The molecule has 7 heavy (non-hydrogen) atoms. The minimum atomic E-state index is 0.806. The molecule has 1 radical (unpaired) electrons. The molecule has 0 heterocycles. The monoisotopic (exact) mass is 98.1 g/mol. The first kappa shape index (κ1) is 5.10. The zero-order valence-corrected chi connectivity index (χ0v) is 4.85. The van der Waals surface area contributed by atoms with Crippen LogP contribution in [0, 0.1) is 7.05 Å². The normalized spacial score (nSPS) is 22.7. The Kier molecular flexibility index (Phi) is 1.33. The maximum Gasteiger partial charge on any atom is 0.0109 e. The van der Waals surface area contributed by atoms with Gasteiger partial charge in [0.05, 0.1) is 0 Å². The van der Waals surface area contributed by atoms with Gasteiger partial charge in [-0.25, -0.2) is 0 Å². The van der Waals surface area contributed by atoms with Crippen molar-refractivity contribution in [2.24, 2.45) is 0 Å². The Morgan fingerprint density at radius 1 is 1.57 bits per heavy atom. The molecule has 0 saturated heterocycles. The van der Waals surface area contributed by atoms with Gasteiger partial charge < -0.3 is 4.90 Å². The maximum absolute atomic E-state index is 3.79. The molecule has 1 aliphatic carbocycles. The summed E-state index contributed by atoms with van der Waals surface area (Å²) < 4.78 is 0. The van der Waals surface area contributed by atoms with Crippen molar-refractivity contribution >= 4 is 0 Å². The van der Waals surface area contributed by atoms with Gasteiger partial charge in [0.1, 0.15) is 0 Å². The van der Waals surface area contributed by atoms with Gasteiger partial charge >= 0.3 is 0 Å². The second kappa shape index (κ2) is 1.83. The largest absolute Gasteiger partial charge is 0.302 e. The number of hydrogen-bond acceptors (Lipinski definition) is 1. The van der Waals surface area contributed by atoms with Gasteiger partial charge in [0.2, 0.25) is 0 Å². The standard InChI is InChI=1S/C6H12N/c1-7(2)6-4-3-5-6/h6H,1,3-5H2,2H3. The summed E-state index contributed by atoms with van der Waals surface area (Å²) >= 11 is 0. The molecule has 41 valence electrons. The van der Waals surface area contributed by atoms with Gasteiger partial charge in [0.15, 0.2) is 0 Å². The van der Waals surface area contributed by atoms with Crippen molar-refractivity contribution in [3.05, 3.63) is 7.05 Å². The topological polar surface area (TPSA) is 3.24 Å². The third-order valence-electron chi connectivity index (χ3n) is 1.70. The van der Waals surface area contributed by atoms with Crippen LogP contribution in [0.3, 0.4) is 0 Å². The van der Waals surface area contributed by atoms with E-state index >= 15 is 0 Å². The molecule has 0 aromatic heterocycles. The molecule has 0 aromatic carbocycles. The predicted molar refractivity (Wildman–Crippen MR) is 30.8 cm³/mol. The minimum absolute atomic E-state index is 0.806. The molecule has 0 unspecified atom stereocenters. The Morgan fingerprint density at radius 3 is 2.14 bits per heavy atom. The van der Waals surface area contributed by atoms with E-state index in [9.17, 15) is 0 Å². The van der Waals surface area contributed by atoms with Crippen molar-refractivity contribution in [3.63, 3.8) is 0 Å². The number of rotatable bonds is 1. The molecule has 0 aromatic rings. The quantitative estimate of drug-likeness (QED) is 0.477. The second-order valence-corrected chi connectivity index (χ2v) is 2.34. The molecule has 1 saturated carbocycles. The highest BCUT2D eigenvalue weighted by atomic mass is 15.1. The molecule has 0 amide bonds. The van der Waals surface area contributed by atoms with Gasteiger partial charge in [0, 0.05) is 13.1 Å². The van der Waals surface area contributed by atoms with E-state index in [1.165, 1.54) is 19.3 Å². The van der Waals surface area contributed by atoms with Crippen molar-refractivity contribution in [2.75, 3.05) is 7.05 Å². The van der Waals surface area contributed by atoms with Crippen LogP contribution in [0.4, 0.5) is 0 Å². The SMILES string of the molecule is [CH2]N(C)C1CCC1. The fourth-order valence-electron chi connectivity index (χ4n) is 0.827. The van der Waals surface area contributed by atoms with E-state index in [1.54, 1.807) is 0 Å². The molecule has 1 rings (SSSR count). The van der Waals surface area contributed by atoms with Gasteiger partial charge in [-0.05, 0) is 19.9 Å². The fourth-order valence-corrected chi connectivity index (χ4v) is 0.827. The van der Waals surface area contributed by atoms with Crippen LogP contribution in [0.5, 0.6) is 0 Å². The van der Waals surface area contributed by atoms with E-state index < -0.39 is 0 Å². The first-order valence-electron chi connectivity index (χ1n) is 2.84. The summed E-state index contributed by atoms with van der Waals surface area (Å²) in [6.07, 6.45) is 4.13. The fraction of sp³-hybridized carbons (Fsp3) is 0.833. The first-order valence-corrected chi connectivity index (χ1v) is 2.84. The lowest BCUT2D eigenvalue weighted by atomic mass is 9.92. The van der Waals surface area contributed by atoms with Crippen LogP contribution in [0.2, 0.25) is 0 Å². The summed E-state index contributed by atoms with van der Waals surface area (Å²) in [7, 11) is 5.84. The minimum Gasteiger partial charge on any atom is -0.302 e. The lowest BCUT2D eigenvalue weighted by molar-refractivity contribution is 0.214. The third-order valence-corrected chi connectivity index (χ3v) is 1.70. The maximum atomic E-state index is 3.79. The van der Waals surface area contributed by atoms with Crippen LogP contribution in [-0.2, 0) is 0 Å². The Bertz CT molecular complexity index is 55.2. The number of nitrogens with zero attached hydrogens (tertiary/aromatic N) is 1. The molecule has 0 atom stereocenters. The van der Waals surface area contributed by atoms with Crippen molar-refractivity contribution < 1.29 is 0 Å². The van der Waals surface area contributed by atoms with Gasteiger partial charge in [0.25, 0.3) is 0 Å².